The molecule has 7 heteroatoms. The molecule has 1 aromatic carbocycles. The number of benzene rings is 1. The number of rotatable bonds is 5. The number of aliphatic hydroxyl groups is 1. The van der Waals surface area contributed by atoms with Crippen LogP contribution < -0.4 is 5.32 Å². The maximum atomic E-state index is 11.9. The van der Waals surface area contributed by atoms with Crippen LogP contribution in [0.4, 0.5) is 0 Å². The van der Waals surface area contributed by atoms with Gasteiger partial charge in [0.25, 0.3) is 5.91 Å². The van der Waals surface area contributed by atoms with Crippen LogP contribution >= 0.6 is 11.6 Å². The summed E-state index contributed by atoms with van der Waals surface area (Å²) in [7, 11) is -3.49. The van der Waals surface area contributed by atoms with E-state index in [1.807, 2.05) is 6.92 Å². The quantitative estimate of drug-likeness (QED) is 0.857. The van der Waals surface area contributed by atoms with E-state index in [4.69, 9.17) is 16.7 Å². The summed E-state index contributed by atoms with van der Waals surface area (Å²) in [5.41, 5.74) is 0.191. The van der Waals surface area contributed by atoms with Crippen LogP contribution in [0.25, 0.3) is 0 Å². The Balaban J connectivity index is 3.06. The number of carbonyl (C=O) groups is 1. The van der Waals surface area contributed by atoms with Crippen molar-refractivity contribution in [3.63, 3.8) is 0 Å². The van der Waals surface area contributed by atoms with Crippen LogP contribution in [-0.4, -0.2) is 38.3 Å². The number of sulfone groups is 1. The van der Waals surface area contributed by atoms with Crippen molar-refractivity contribution in [2.24, 2.45) is 0 Å². The van der Waals surface area contributed by atoms with Crippen molar-refractivity contribution in [1.82, 2.24) is 5.32 Å². The van der Waals surface area contributed by atoms with Gasteiger partial charge in [0.15, 0.2) is 9.84 Å². The zero-order valence-corrected chi connectivity index (χ0v) is 12.3. The first kappa shape index (κ1) is 15.9. The Bertz CT molecular complexity index is 567. The van der Waals surface area contributed by atoms with Crippen LogP contribution in [0.15, 0.2) is 23.1 Å². The minimum absolute atomic E-state index is 0.0771. The van der Waals surface area contributed by atoms with Gasteiger partial charge in [0, 0.05) is 11.8 Å². The second-order valence-corrected chi connectivity index (χ2v) is 6.57. The molecule has 0 aliphatic heterocycles. The molecule has 2 N–H and O–H groups in total. The van der Waals surface area contributed by atoms with E-state index in [1.165, 1.54) is 18.2 Å². The lowest BCUT2D eigenvalue weighted by Crippen LogP contribution is -2.36. The van der Waals surface area contributed by atoms with Gasteiger partial charge in [-0.2, -0.15) is 0 Å². The summed E-state index contributed by atoms with van der Waals surface area (Å²) in [6.45, 7) is 1.65. The van der Waals surface area contributed by atoms with Crippen molar-refractivity contribution in [3.8, 4) is 0 Å². The largest absolute Gasteiger partial charge is 0.394 e. The maximum Gasteiger partial charge on any atom is 0.251 e. The first-order valence-electron chi connectivity index (χ1n) is 5.71. The predicted molar refractivity (Wildman–Crippen MR) is 73.2 cm³/mol. The molecule has 0 aliphatic carbocycles. The smallest absolute Gasteiger partial charge is 0.251 e. The van der Waals surface area contributed by atoms with Crippen molar-refractivity contribution in [3.05, 3.63) is 28.8 Å². The van der Waals surface area contributed by atoms with Crippen LogP contribution in [0.1, 0.15) is 23.7 Å². The number of nitrogens with one attached hydrogen (secondary N) is 1. The third-order valence-corrected chi connectivity index (χ3v) is 4.22. The third-order valence-electron chi connectivity index (χ3n) is 2.64. The van der Waals surface area contributed by atoms with Crippen LogP contribution in [0.2, 0.25) is 5.02 Å². The fourth-order valence-corrected chi connectivity index (χ4v) is 2.78. The van der Waals surface area contributed by atoms with Crippen molar-refractivity contribution in [2.75, 3.05) is 12.9 Å². The van der Waals surface area contributed by atoms with Crippen molar-refractivity contribution < 1.29 is 18.3 Å². The van der Waals surface area contributed by atoms with Crippen molar-refractivity contribution in [1.29, 1.82) is 0 Å². The first-order valence-corrected chi connectivity index (χ1v) is 7.97. The second-order valence-electron chi connectivity index (χ2n) is 4.18. The van der Waals surface area contributed by atoms with Crippen molar-refractivity contribution in [2.45, 2.75) is 24.3 Å². The fraction of sp³-hybridized carbons (Fsp3) is 0.417. The van der Waals surface area contributed by atoms with E-state index in [-0.39, 0.29) is 28.1 Å². The summed E-state index contributed by atoms with van der Waals surface area (Å²) in [5.74, 6) is -0.442. The minimum Gasteiger partial charge on any atom is -0.394 e. The average Bonchev–Trinajstić information content (AvgIpc) is 2.34. The summed E-state index contributed by atoms with van der Waals surface area (Å²) in [6.07, 6.45) is 1.60. The molecule has 1 amide bonds. The highest BCUT2D eigenvalue weighted by Crippen LogP contribution is 2.22. The van der Waals surface area contributed by atoms with Gasteiger partial charge in [-0.05, 0) is 24.6 Å². The molecule has 106 valence electrons. The lowest BCUT2D eigenvalue weighted by molar-refractivity contribution is 0.0914. The molecule has 0 heterocycles. The zero-order valence-electron chi connectivity index (χ0n) is 10.7. The third kappa shape index (κ3) is 4.19. The first-order chi connectivity index (χ1) is 8.79. The fourth-order valence-electron chi connectivity index (χ4n) is 1.47. The van der Waals surface area contributed by atoms with Crippen molar-refractivity contribution >= 4 is 27.3 Å². The normalized spacial score (nSPS) is 13.1. The average molecular weight is 306 g/mol. The van der Waals surface area contributed by atoms with Crippen LogP contribution in [0.3, 0.4) is 0 Å². The van der Waals surface area contributed by atoms with Gasteiger partial charge in [-0.25, -0.2) is 8.42 Å². The molecule has 0 spiro atoms. The Kier molecular flexibility index (Phi) is 5.34. The highest BCUT2D eigenvalue weighted by atomic mass is 35.5. The molecular formula is C12H16ClNO4S. The van der Waals surface area contributed by atoms with Gasteiger partial charge in [0.2, 0.25) is 0 Å². The summed E-state index contributed by atoms with van der Waals surface area (Å²) >= 11 is 5.79. The Labute approximate surface area is 117 Å². The number of aliphatic hydroxyl groups excluding tert-OH is 1. The van der Waals surface area contributed by atoms with Crippen LogP contribution in [0, 0.1) is 0 Å². The summed E-state index contributed by atoms with van der Waals surface area (Å²) in [6, 6.07) is 3.69. The molecule has 0 saturated heterocycles. The molecule has 0 aliphatic rings. The molecule has 1 aromatic rings. The zero-order chi connectivity index (χ0) is 14.6. The Hall–Kier alpha value is -1.11. The maximum absolute atomic E-state index is 11.9. The predicted octanol–water partition coefficient (Wildman–Crippen LogP) is 1.24. The Morgan fingerprint density at radius 2 is 2.11 bits per heavy atom. The molecule has 0 aromatic heterocycles. The van der Waals surface area contributed by atoms with Gasteiger partial charge < -0.3 is 10.4 Å². The number of hydrogen-bond acceptors (Lipinski definition) is 4. The molecular weight excluding hydrogens is 290 g/mol. The summed E-state index contributed by atoms with van der Waals surface area (Å²) < 4.78 is 23.0. The van der Waals surface area contributed by atoms with Crippen LogP contribution in [0.5, 0.6) is 0 Å². The van der Waals surface area contributed by atoms with Gasteiger partial charge in [-0.15, -0.1) is 0 Å². The van der Waals surface area contributed by atoms with Gasteiger partial charge >= 0.3 is 0 Å². The van der Waals surface area contributed by atoms with E-state index >= 15 is 0 Å². The van der Waals surface area contributed by atoms with E-state index < -0.39 is 15.7 Å². The standard InChI is InChI=1S/C12H16ClNO4S/c1-3-9(7-15)14-12(16)8-4-5-10(13)11(6-8)19(2,17)18/h4-6,9,15H,3,7H2,1-2H3,(H,14,16)/t9-/m1/s1. The highest BCUT2D eigenvalue weighted by Gasteiger charge is 2.17. The number of amides is 1. The van der Waals surface area contributed by atoms with E-state index in [9.17, 15) is 13.2 Å². The SMILES string of the molecule is CC[C@H](CO)NC(=O)c1ccc(Cl)c(S(C)(=O)=O)c1. The molecule has 0 saturated carbocycles. The molecule has 0 bridgehead atoms. The van der Waals surface area contributed by atoms with Gasteiger partial charge in [-0.1, -0.05) is 18.5 Å². The molecule has 1 rings (SSSR count). The monoisotopic (exact) mass is 305 g/mol. The molecule has 19 heavy (non-hydrogen) atoms. The second kappa shape index (κ2) is 6.36. The minimum atomic E-state index is -3.49. The van der Waals surface area contributed by atoms with E-state index in [0.717, 1.165) is 6.26 Å². The van der Waals surface area contributed by atoms with E-state index in [0.29, 0.717) is 6.42 Å². The molecule has 0 radical (unpaired) electrons. The summed E-state index contributed by atoms with van der Waals surface area (Å²) in [4.78, 5) is 11.8. The highest BCUT2D eigenvalue weighted by molar-refractivity contribution is 7.90. The Morgan fingerprint density at radius 3 is 2.58 bits per heavy atom. The molecule has 5 nitrogen and oxygen atoms in total. The number of halogens is 1. The molecule has 1 atom stereocenters. The van der Waals surface area contributed by atoms with Crippen LogP contribution in [-0.2, 0) is 9.84 Å². The Morgan fingerprint density at radius 1 is 1.47 bits per heavy atom. The van der Waals surface area contributed by atoms with E-state index in [1.54, 1.807) is 0 Å². The lowest BCUT2D eigenvalue weighted by Gasteiger charge is -2.14. The number of carbonyl (C=O) groups excluding carboxylic acids is 1. The van der Waals surface area contributed by atoms with Gasteiger partial charge in [0.1, 0.15) is 0 Å². The van der Waals surface area contributed by atoms with Gasteiger partial charge in [-0.3, -0.25) is 4.79 Å². The molecule has 0 fully saturated rings. The summed E-state index contributed by atoms with van der Waals surface area (Å²) in [5, 5.41) is 11.7. The topological polar surface area (TPSA) is 83.5 Å². The number of hydrogen-bond donors (Lipinski definition) is 2. The van der Waals surface area contributed by atoms with E-state index in [2.05, 4.69) is 5.32 Å². The van der Waals surface area contributed by atoms with Gasteiger partial charge in [0.05, 0.1) is 22.6 Å². The molecule has 0 unspecified atom stereocenters. The lowest BCUT2D eigenvalue weighted by atomic mass is 10.2.